The van der Waals surface area contributed by atoms with Gasteiger partial charge in [0.05, 0.1) is 13.4 Å². The maximum Gasteiger partial charge on any atom is 0.297 e. The fourth-order valence-corrected chi connectivity index (χ4v) is 1.46. The maximum absolute atomic E-state index is 11.8. The zero-order valence-electron chi connectivity index (χ0n) is 10.6. The van der Waals surface area contributed by atoms with Crippen LogP contribution in [0.5, 0.6) is 5.75 Å². The smallest absolute Gasteiger partial charge is 0.297 e. The van der Waals surface area contributed by atoms with Crippen LogP contribution < -0.4 is 15.6 Å². The number of aromatic nitrogens is 2. The van der Waals surface area contributed by atoms with Crippen molar-refractivity contribution in [3.63, 3.8) is 0 Å². The summed E-state index contributed by atoms with van der Waals surface area (Å²) in [5.41, 5.74) is -0.475. The number of nitrogens with zero attached hydrogens (tertiary/aromatic N) is 2. The van der Waals surface area contributed by atoms with Gasteiger partial charge >= 0.3 is 0 Å². The van der Waals surface area contributed by atoms with E-state index in [0.29, 0.717) is 12.5 Å². The second-order valence-corrected chi connectivity index (χ2v) is 4.56. The highest BCUT2D eigenvalue weighted by Gasteiger charge is 2.12. The molecule has 0 saturated carbocycles. The predicted octanol–water partition coefficient (Wildman–Crippen LogP) is 0.677. The first kappa shape index (κ1) is 14.5. The summed E-state index contributed by atoms with van der Waals surface area (Å²) in [4.78, 5) is 27.2. The Labute approximate surface area is 110 Å². The van der Waals surface area contributed by atoms with Gasteiger partial charge in [-0.15, -0.1) is 0 Å². The van der Waals surface area contributed by atoms with Crippen molar-refractivity contribution in [3.05, 3.63) is 21.8 Å². The van der Waals surface area contributed by atoms with Crippen LogP contribution in [0.15, 0.2) is 11.1 Å². The first-order valence-corrected chi connectivity index (χ1v) is 5.89. The molecule has 100 valence electrons. The Balaban J connectivity index is 2.80. The molecule has 1 rings (SSSR count). The molecule has 0 bridgehead atoms. The minimum atomic E-state index is -0.475. The summed E-state index contributed by atoms with van der Waals surface area (Å²) in [6.07, 6.45) is 1.22. The quantitative estimate of drug-likeness (QED) is 0.801. The van der Waals surface area contributed by atoms with Gasteiger partial charge in [-0.2, -0.15) is 0 Å². The zero-order chi connectivity index (χ0) is 13.7. The third-order valence-electron chi connectivity index (χ3n) is 2.18. The van der Waals surface area contributed by atoms with Crippen molar-refractivity contribution >= 4 is 17.5 Å². The predicted molar refractivity (Wildman–Crippen MR) is 67.9 cm³/mol. The molecular weight excluding hydrogens is 258 g/mol. The minimum Gasteiger partial charge on any atom is -0.489 e. The number of hydrogen-bond donors (Lipinski definition) is 1. The van der Waals surface area contributed by atoms with Crippen molar-refractivity contribution in [2.45, 2.75) is 20.4 Å². The van der Waals surface area contributed by atoms with Gasteiger partial charge in [-0.05, 0) is 5.92 Å². The highest BCUT2D eigenvalue weighted by molar-refractivity contribution is 6.30. The lowest BCUT2D eigenvalue weighted by Gasteiger charge is -2.10. The number of amides is 1. The van der Waals surface area contributed by atoms with E-state index in [1.54, 1.807) is 0 Å². The van der Waals surface area contributed by atoms with Crippen LogP contribution in [0.2, 0.25) is 5.15 Å². The number of rotatable bonds is 5. The summed E-state index contributed by atoms with van der Waals surface area (Å²) in [5, 5.41) is 2.70. The van der Waals surface area contributed by atoms with Crippen LogP contribution >= 0.6 is 11.6 Å². The van der Waals surface area contributed by atoms with Crippen LogP contribution in [0.25, 0.3) is 0 Å². The van der Waals surface area contributed by atoms with Crippen molar-refractivity contribution in [3.8, 4) is 5.75 Å². The Morgan fingerprint density at radius 2 is 2.28 bits per heavy atom. The summed E-state index contributed by atoms with van der Waals surface area (Å²) < 4.78 is 5.99. The fourth-order valence-electron chi connectivity index (χ4n) is 1.26. The van der Waals surface area contributed by atoms with Crippen LogP contribution in [-0.4, -0.2) is 29.1 Å². The molecule has 1 heterocycles. The number of nitrogens with one attached hydrogen (secondary N) is 1. The SMILES string of the molecule is COc1c(Cl)ncn(CC(=O)NCC(C)C)c1=O. The van der Waals surface area contributed by atoms with Gasteiger partial charge in [0.15, 0.2) is 5.15 Å². The maximum atomic E-state index is 11.8. The fraction of sp³-hybridized carbons (Fsp3) is 0.545. The van der Waals surface area contributed by atoms with Crippen molar-refractivity contribution in [2.24, 2.45) is 5.92 Å². The van der Waals surface area contributed by atoms with Gasteiger partial charge in [0, 0.05) is 6.54 Å². The topological polar surface area (TPSA) is 73.2 Å². The molecule has 1 N–H and O–H groups in total. The lowest BCUT2D eigenvalue weighted by Crippen LogP contribution is -2.34. The molecule has 0 unspecified atom stereocenters. The first-order chi connectivity index (χ1) is 8.45. The average Bonchev–Trinajstić information content (AvgIpc) is 2.31. The molecule has 1 amide bonds. The summed E-state index contributed by atoms with van der Waals surface area (Å²) >= 11 is 5.69. The Morgan fingerprint density at radius 3 is 2.83 bits per heavy atom. The molecule has 6 nitrogen and oxygen atoms in total. The van der Waals surface area contributed by atoms with Crippen LogP contribution in [0, 0.1) is 5.92 Å². The number of ether oxygens (including phenoxy) is 1. The number of methoxy groups -OCH3 is 1. The van der Waals surface area contributed by atoms with Gasteiger partial charge in [0.1, 0.15) is 6.54 Å². The van der Waals surface area contributed by atoms with Crippen molar-refractivity contribution in [1.29, 1.82) is 0 Å². The van der Waals surface area contributed by atoms with Crippen molar-refractivity contribution in [1.82, 2.24) is 14.9 Å². The molecular formula is C11H16ClN3O3. The molecule has 1 aromatic rings. The number of hydrogen-bond acceptors (Lipinski definition) is 4. The third kappa shape index (κ3) is 3.73. The second kappa shape index (κ2) is 6.39. The highest BCUT2D eigenvalue weighted by atomic mass is 35.5. The average molecular weight is 274 g/mol. The Bertz CT molecular complexity index is 485. The molecule has 0 spiro atoms. The third-order valence-corrected chi connectivity index (χ3v) is 2.45. The molecule has 0 aromatic carbocycles. The van der Waals surface area contributed by atoms with Crippen molar-refractivity contribution < 1.29 is 9.53 Å². The lowest BCUT2D eigenvalue weighted by atomic mass is 10.2. The van der Waals surface area contributed by atoms with Gasteiger partial charge in [0.25, 0.3) is 5.56 Å². The highest BCUT2D eigenvalue weighted by Crippen LogP contribution is 2.14. The van der Waals surface area contributed by atoms with E-state index in [9.17, 15) is 9.59 Å². The van der Waals surface area contributed by atoms with E-state index in [1.807, 2.05) is 13.8 Å². The zero-order valence-corrected chi connectivity index (χ0v) is 11.3. The molecule has 18 heavy (non-hydrogen) atoms. The van der Waals surface area contributed by atoms with Gasteiger partial charge in [-0.1, -0.05) is 25.4 Å². The molecule has 0 saturated heterocycles. The summed E-state index contributed by atoms with van der Waals surface area (Å²) in [6.45, 7) is 4.43. The lowest BCUT2D eigenvalue weighted by molar-refractivity contribution is -0.121. The molecule has 0 aliphatic carbocycles. The van der Waals surface area contributed by atoms with E-state index < -0.39 is 5.56 Å². The first-order valence-electron chi connectivity index (χ1n) is 5.51. The van der Waals surface area contributed by atoms with Crippen molar-refractivity contribution in [2.75, 3.05) is 13.7 Å². The van der Waals surface area contributed by atoms with E-state index in [0.717, 1.165) is 4.57 Å². The Morgan fingerprint density at radius 1 is 1.61 bits per heavy atom. The molecule has 7 heteroatoms. The number of halogens is 1. The van der Waals surface area contributed by atoms with Crippen LogP contribution in [0.4, 0.5) is 0 Å². The molecule has 1 aromatic heterocycles. The van der Waals surface area contributed by atoms with E-state index in [1.165, 1.54) is 13.4 Å². The summed E-state index contributed by atoms with van der Waals surface area (Å²) in [6, 6.07) is 0. The second-order valence-electron chi connectivity index (χ2n) is 4.20. The Hall–Kier alpha value is -1.56. The summed E-state index contributed by atoms with van der Waals surface area (Å²) in [5.74, 6) is 0.0383. The number of carbonyl (C=O) groups is 1. The van der Waals surface area contributed by atoms with Gasteiger partial charge < -0.3 is 10.1 Å². The molecule has 0 atom stereocenters. The van der Waals surface area contributed by atoms with Gasteiger partial charge in [-0.3, -0.25) is 14.2 Å². The van der Waals surface area contributed by atoms with Gasteiger partial charge in [-0.25, -0.2) is 4.98 Å². The van der Waals surface area contributed by atoms with E-state index in [4.69, 9.17) is 16.3 Å². The Kier molecular flexibility index (Phi) is 5.15. The normalized spacial score (nSPS) is 10.5. The molecule has 0 fully saturated rings. The van der Waals surface area contributed by atoms with Gasteiger partial charge in [0.2, 0.25) is 11.7 Å². The monoisotopic (exact) mass is 273 g/mol. The van der Waals surface area contributed by atoms with E-state index in [2.05, 4.69) is 10.3 Å². The molecule has 0 aliphatic rings. The van der Waals surface area contributed by atoms with Crippen LogP contribution in [0.1, 0.15) is 13.8 Å². The molecule has 0 radical (unpaired) electrons. The van der Waals surface area contributed by atoms with Crippen LogP contribution in [0.3, 0.4) is 0 Å². The minimum absolute atomic E-state index is 0.0126. The number of carbonyl (C=O) groups excluding carboxylic acids is 1. The standard InChI is InChI=1S/C11H16ClN3O3/c1-7(2)4-13-8(16)5-15-6-14-10(12)9(18-3)11(15)17/h6-7H,4-5H2,1-3H3,(H,13,16). The summed E-state index contributed by atoms with van der Waals surface area (Å²) in [7, 11) is 1.33. The van der Waals surface area contributed by atoms with Crippen LogP contribution in [-0.2, 0) is 11.3 Å². The largest absolute Gasteiger partial charge is 0.489 e. The van der Waals surface area contributed by atoms with E-state index in [-0.39, 0.29) is 23.4 Å². The molecule has 0 aliphatic heterocycles. The van der Waals surface area contributed by atoms with E-state index >= 15 is 0 Å².